The molecule has 3 aromatic carbocycles. The summed E-state index contributed by atoms with van der Waals surface area (Å²) in [5, 5.41) is 25.7. The Morgan fingerprint density at radius 1 is 0.750 bits per heavy atom. The summed E-state index contributed by atoms with van der Waals surface area (Å²) in [7, 11) is -3.91. The lowest BCUT2D eigenvalue weighted by Crippen LogP contribution is -2.48. The molecule has 0 heterocycles. The summed E-state index contributed by atoms with van der Waals surface area (Å²) in [5.74, 6) is -4.03. The number of hydrogen-bond donors (Lipinski definition) is 6. The molecule has 7 N–H and O–H groups in total. The standard InChI is InChI=1S/C26H27N5O8S/c27-40(38,39)20-9-7-18(8-10-20)25(35)30-14-23(33)28-13-22(32)29-15-24(34)31-21(26(36)37)12-16-5-6-17-3-1-2-4-19(17)11-16/h1-11,21H,12-15H2,(H,28,33)(H,29,32)(H,30,35)(H,31,34)(H,36,37)(H2,27,38,39). The fraction of sp³-hybridized carbons (Fsp3) is 0.192. The van der Waals surface area contributed by atoms with Gasteiger partial charge in [0, 0.05) is 12.0 Å². The molecule has 0 aliphatic rings. The van der Waals surface area contributed by atoms with Crippen LogP contribution < -0.4 is 26.4 Å². The van der Waals surface area contributed by atoms with Crippen LogP contribution in [0.5, 0.6) is 0 Å². The fourth-order valence-corrected chi connectivity index (χ4v) is 4.10. The minimum atomic E-state index is -3.91. The number of nitrogens with two attached hydrogens (primary N) is 1. The third-order valence-electron chi connectivity index (χ3n) is 5.63. The van der Waals surface area contributed by atoms with Crippen molar-refractivity contribution in [2.24, 2.45) is 5.14 Å². The fourth-order valence-electron chi connectivity index (χ4n) is 3.59. The molecule has 40 heavy (non-hydrogen) atoms. The van der Waals surface area contributed by atoms with Crippen LogP contribution in [-0.2, 0) is 35.6 Å². The normalized spacial score (nSPS) is 11.7. The van der Waals surface area contributed by atoms with Gasteiger partial charge in [0.2, 0.25) is 27.7 Å². The van der Waals surface area contributed by atoms with Gasteiger partial charge in [-0.1, -0.05) is 42.5 Å². The first-order valence-electron chi connectivity index (χ1n) is 11.9. The SMILES string of the molecule is NS(=O)(=O)c1ccc(C(=O)NCC(=O)NCC(=O)NCC(=O)NC(Cc2ccc3ccccc3c2)C(=O)O)cc1. The number of primary sulfonamides is 1. The highest BCUT2D eigenvalue weighted by molar-refractivity contribution is 7.89. The van der Waals surface area contributed by atoms with Gasteiger partial charge in [-0.25, -0.2) is 18.4 Å². The molecule has 1 atom stereocenters. The zero-order chi connectivity index (χ0) is 29.3. The number of nitrogens with one attached hydrogen (secondary N) is 4. The van der Waals surface area contributed by atoms with Crippen LogP contribution in [0, 0.1) is 0 Å². The maximum Gasteiger partial charge on any atom is 0.326 e. The average Bonchev–Trinajstić information content (AvgIpc) is 2.92. The van der Waals surface area contributed by atoms with E-state index >= 15 is 0 Å². The van der Waals surface area contributed by atoms with E-state index < -0.39 is 65.3 Å². The summed E-state index contributed by atoms with van der Waals surface area (Å²) in [6, 6.07) is 16.6. The van der Waals surface area contributed by atoms with Gasteiger partial charge in [0.05, 0.1) is 24.5 Å². The smallest absolute Gasteiger partial charge is 0.326 e. The van der Waals surface area contributed by atoms with Crippen LogP contribution in [-0.4, -0.2) is 68.8 Å². The monoisotopic (exact) mass is 569 g/mol. The number of benzene rings is 3. The molecule has 0 fully saturated rings. The summed E-state index contributed by atoms with van der Waals surface area (Å²) >= 11 is 0. The number of carboxylic acid groups (broad SMARTS) is 1. The molecule has 3 rings (SSSR count). The quantitative estimate of drug-likeness (QED) is 0.163. The van der Waals surface area contributed by atoms with Crippen molar-refractivity contribution in [2.75, 3.05) is 19.6 Å². The van der Waals surface area contributed by atoms with Crippen LogP contribution in [0.4, 0.5) is 0 Å². The van der Waals surface area contributed by atoms with Gasteiger partial charge in [-0.3, -0.25) is 19.2 Å². The van der Waals surface area contributed by atoms with Crippen LogP contribution in [0.3, 0.4) is 0 Å². The largest absolute Gasteiger partial charge is 0.480 e. The van der Waals surface area contributed by atoms with E-state index in [-0.39, 0.29) is 16.9 Å². The highest BCUT2D eigenvalue weighted by Gasteiger charge is 2.21. The Kier molecular flexibility index (Phi) is 9.89. The summed E-state index contributed by atoms with van der Waals surface area (Å²) in [5.41, 5.74) is 0.801. The van der Waals surface area contributed by atoms with E-state index in [0.717, 1.165) is 22.9 Å². The van der Waals surface area contributed by atoms with Gasteiger partial charge < -0.3 is 26.4 Å². The first-order chi connectivity index (χ1) is 18.9. The van der Waals surface area contributed by atoms with Crippen LogP contribution >= 0.6 is 0 Å². The highest BCUT2D eigenvalue weighted by atomic mass is 32.2. The number of hydrogen-bond acceptors (Lipinski definition) is 7. The molecule has 13 nitrogen and oxygen atoms in total. The molecular weight excluding hydrogens is 542 g/mol. The van der Waals surface area contributed by atoms with E-state index in [1.807, 2.05) is 36.4 Å². The lowest BCUT2D eigenvalue weighted by molar-refractivity contribution is -0.141. The lowest BCUT2D eigenvalue weighted by Gasteiger charge is -2.15. The number of amides is 4. The molecule has 0 aliphatic heterocycles. The van der Waals surface area contributed by atoms with E-state index in [1.165, 1.54) is 12.1 Å². The maximum atomic E-state index is 12.2. The molecule has 14 heteroatoms. The van der Waals surface area contributed by atoms with Gasteiger partial charge >= 0.3 is 5.97 Å². The number of rotatable bonds is 12. The molecule has 210 valence electrons. The van der Waals surface area contributed by atoms with E-state index in [0.29, 0.717) is 5.56 Å². The van der Waals surface area contributed by atoms with Crippen LogP contribution in [0.15, 0.2) is 71.6 Å². The minimum Gasteiger partial charge on any atom is -0.480 e. The Morgan fingerprint density at radius 3 is 1.93 bits per heavy atom. The van der Waals surface area contributed by atoms with Crippen molar-refractivity contribution >= 4 is 50.4 Å². The molecule has 0 radical (unpaired) electrons. The third kappa shape index (κ3) is 8.89. The third-order valence-corrected chi connectivity index (χ3v) is 6.56. The Labute approximate surface area is 229 Å². The molecule has 0 bridgehead atoms. The van der Waals surface area contributed by atoms with Crippen LogP contribution in [0.25, 0.3) is 10.8 Å². The number of carboxylic acids is 1. The molecule has 0 aliphatic carbocycles. The molecule has 1 unspecified atom stereocenters. The molecule has 0 aromatic heterocycles. The van der Waals surface area contributed by atoms with Crippen molar-refractivity contribution < 1.29 is 37.5 Å². The summed E-state index contributed by atoms with van der Waals surface area (Å²) < 4.78 is 22.5. The van der Waals surface area contributed by atoms with Gasteiger partial charge in [-0.15, -0.1) is 0 Å². The van der Waals surface area contributed by atoms with Gasteiger partial charge in [0.15, 0.2) is 0 Å². The van der Waals surface area contributed by atoms with Gasteiger partial charge in [0.1, 0.15) is 6.04 Å². The second kappa shape index (κ2) is 13.3. The van der Waals surface area contributed by atoms with Crippen LogP contribution in [0.2, 0.25) is 0 Å². The number of carbonyl (C=O) groups excluding carboxylic acids is 4. The van der Waals surface area contributed by atoms with Crippen molar-refractivity contribution in [3.05, 3.63) is 77.9 Å². The predicted molar refractivity (Wildman–Crippen MR) is 143 cm³/mol. The number of sulfonamides is 1. The number of aliphatic carboxylic acids is 1. The van der Waals surface area contributed by atoms with Crippen LogP contribution in [0.1, 0.15) is 15.9 Å². The van der Waals surface area contributed by atoms with Gasteiger partial charge in [-0.2, -0.15) is 0 Å². The highest BCUT2D eigenvalue weighted by Crippen LogP contribution is 2.17. The summed E-state index contributed by atoms with van der Waals surface area (Å²) in [6.07, 6.45) is 0.0396. The zero-order valence-electron chi connectivity index (χ0n) is 21.0. The van der Waals surface area contributed by atoms with E-state index in [1.54, 1.807) is 6.07 Å². The molecule has 3 aromatic rings. The molecular formula is C26H27N5O8S. The Bertz CT molecular complexity index is 1540. The molecule has 0 saturated heterocycles. The van der Waals surface area contributed by atoms with Crippen molar-refractivity contribution in [1.82, 2.24) is 21.3 Å². The molecule has 0 spiro atoms. The molecule has 4 amide bonds. The lowest BCUT2D eigenvalue weighted by atomic mass is 10.0. The van der Waals surface area contributed by atoms with E-state index in [4.69, 9.17) is 5.14 Å². The minimum absolute atomic E-state index is 0.0396. The molecule has 0 saturated carbocycles. The predicted octanol–water partition coefficient (Wildman–Crippen LogP) is -0.738. The topological polar surface area (TPSA) is 214 Å². The van der Waals surface area contributed by atoms with Gasteiger partial charge in [-0.05, 0) is 40.6 Å². The number of carbonyl (C=O) groups is 5. The van der Waals surface area contributed by atoms with Crippen molar-refractivity contribution in [1.29, 1.82) is 0 Å². The van der Waals surface area contributed by atoms with Crippen molar-refractivity contribution in [2.45, 2.75) is 17.4 Å². The van der Waals surface area contributed by atoms with Crippen molar-refractivity contribution in [3.63, 3.8) is 0 Å². The Balaban J connectivity index is 1.38. The van der Waals surface area contributed by atoms with Gasteiger partial charge in [0.25, 0.3) is 5.91 Å². The number of fused-ring (bicyclic) bond motifs is 1. The first kappa shape index (κ1) is 29.7. The maximum absolute atomic E-state index is 12.2. The Hall–Kier alpha value is -4.82. The van der Waals surface area contributed by atoms with E-state index in [2.05, 4.69) is 21.3 Å². The average molecular weight is 570 g/mol. The second-order valence-corrected chi connectivity index (χ2v) is 10.2. The zero-order valence-corrected chi connectivity index (χ0v) is 21.9. The summed E-state index contributed by atoms with van der Waals surface area (Å²) in [4.78, 5) is 59.7. The van der Waals surface area contributed by atoms with E-state index in [9.17, 15) is 37.5 Å². The van der Waals surface area contributed by atoms with Crippen molar-refractivity contribution in [3.8, 4) is 0 Å². The first-order valence-corrected chi connectivity index (χ1v) is 13.4. The second-order valence-electron chi connectivity index (χ2n) is 8.65. The Morgan fingerprint density at radius 2 is 1.32 bits per heavy atom. The summed E-state index contributed by atoms with van der Waals surface area (Å²) in [6.45, 7) is -1.48.